The summed E-state index contributed by atoms with van der Waals surface area (Å²) in [6.07, 6.45) is 2.27. The van der Waals surface area contributed by atoms with Crippen LogP contribution in [0.15, 0.2) is 18.2 Å². The molecule has 0 aromatic heterocycles. The molecule has 5 heteroatoms. The van der Waals surface area contributed by atoms with Gasteiger partial charge in [0.1, 0.15) is 0 Å². The Bertz CT molecular complexity index is 445. The number of hydrogen-bond acceptors (Lipinski definition) is 5. The van der Waals surface area contributed by atoms with Gasteiger partial charge in [-0.3, -0.25) is 0 Å². The molecule has 0 atom stereocenters. The normalized spacial score (nSPS) is 16.1. The quantitative estimate of drug-likeness (QED) is 0.656. The summed E-state index contributed by atoms with van der Waals surface area (Å²) in [5.41, 5.74) is 8.01. The van der Waals surface area contributed by atoms with Crippen LogP contribution in [0.25, 0.3) is 0 Å². The maximum absolute atomic E-state index is 11.7. The molecule has 4 nitrogen and oxygen atoms in total. The molecule has 1 fully saturated rings. The lowest BCUT2D eigenvalue weighted by Crippen LogP contribution is -2.25. The van der Waals surface area contributed by atoms with Crippen LogP contribution >= 0.6 is 11.8 Å². The first-order chi connectivity index (χ1) is 9.20. The van der Waals surface area contributed by atoms with E-state index in [1.807, 2.05) is 11.8 Å². The van der Waals surface area contributed by atoms with Crippen LogP contribution < -0.4 is 11.1 Å². The van der Waals surface area contributed by atoms with Crippen LogP contribution in [-0.4, -0.2) is 30.1 Å². The topological polar surface area (TPSA) is 64.3 Å². The zero-order chi connectivity index (χ0) is 13.7. The summed E-state index contributed by atoms with van der Waals surface area (Å²) in [5, 5.41) is 3.44. The first-order valence-corrected chi connectivity index (χ1v) is 7.77. The van der Waals surface area contributed by atoms with Crippen LogP contribution in [0.4, 0.5) is 11.4 Å². The average Bonchev–Trinajstić information content (AvgIpc) is 2.42. The standard InChI is InChI=1S/C14H20N2O2S/c1-2-18-14(17)10-3-4-12(15)13(9-10)16-11-5-7-19-8-6-11/h3-4,9,11,16H,2,5-8,15H2,1H3. The lowest BCUT2D eigenvalue weighted by atomic mass is 10.1. The van der Waals surface area contributed by atoms with Crippen LogP contribution in [0.5, 0.6) is 0 Å². The first-order valence-electron chi connectivity index (χ1n) is 6.61. The van der Waals surface area contributed by atoms with Crippen molar-refractivity contribution in [3.05, 3.63) is 23.8 Å². The van der Waals surface area contributed by atoms with Crippen LogP contribution in [0.3, 0.4) is 0 Å². The number of thioether (sulfide) groups is 1. The predicted octanol–water partition coefficient (Wildman–Crippen LogP) is 2.75. The molecule has 3 N–H and O–H groups in total. The van der Waals surface area contributed by atoms with E-state index in [1.54, 1.807) is 25.1 Å². The molecule has 1 aromatic rings. The number of benzene rings is 1. The van der Waals surface area contributed by atoms with Crippen molar-refractivity contribution in [2.24, 2.45) is 0 Å². The van der Waals surface area contributed by atoms with Gasteiger partial charge in [-0.15, -0.1) is 0 Å². The molecular weight excluding hydrogens is 260 g/mol. The van der Waals surface area contributed by atoms with E-state index in [-0.39, 0.29) is 5.97 Å². The minimum Gasteiger partial charge on any atom is -0.462 e. The van der Waals surface area contributed by atoms with E-state index < -0.39 is 0 Å². The molecule has 0 spiro atoms. The van der Waals surface area contributed by atoms with Crippen molar-refractivity contribution in [1.29, 1.82) is 0 Å². The number of hydrogen-bond donors (Lipinski definition) is 2. The zero-order valence-corrected chi connectivity index (χ0v) is 12.0. The van der Waals surface area contributed by atoms with Gasteiger partial charge in [0.05, 0.1) is 23.5 Å². The van der Waals surface area contributed by atoms with Gasteiger partial charge in [-0.05, 0) is 49.5 Å². The fraction of sp³-hybridized carbons (Fsp3) is 0.500. The Morgan fingerprint density at radius 1 is 1.47 bits per heavy atom. The van der Waals surface area contributed by atoms with Gasteiger partial charge in [0.15, 0.2) is 0 Å². The number of nitrogens with two attached hydrogens (primary N) is 1. The number of rotatable bonds is 4. The molecule has 104 valence electrons. The van der Waals surface area contributed by atoms with Crippen molar-refractivity contribution >= 4 is 29.1 Å². The number of anilines is 2. The van der Waals surface area contributed by atoms with Gasteiger partial charge in [0.2, 0.25) is 0 Å². The van der Waals surface area contributed by atoms with E-state index in [4.69, 9.17) is 10.5 Å². The number of ether oxygens (including phenoxy) is 1. The molecule has 0 amide bonds. The molecule has 2 rings (SSSR count). The number of carbonyl (C=O) groups is 1. The van der Waals surface area contributed by atoms with Crippen LogP contribution in [-0.2, 0) is 4.74 Å². The Morgan fingerprint density at radius 3 is 2.89 bits per heavy atom. The van der Waals surface area contributed by atoms with Crippen molar-refractivity contribution in [2.45, 2.75) is 25.8 Å². The van der Waals surface area contributed by atoms with Gasteiger partial charge in [-0.1, -0.05) is 0 Å². The van der Waals surface area contributed by atoms with E-state index in [9.17, 15) is 4.79 Å². The number of carbonyl (C=O) groups excluding carboxylic acids is 1. The van der Waals surface area contributed by atoms with Crippen molar-refractivity contribution in [2.75, 3.05) is 29.2 Å². The second-order valence-corrected chi connectivity index (χ2v) is 5.78. The lowest BCUT2D eigenvalue weighted by molar-refractivity contribution is 0.0526. The third-order valence-corrected chi connectivity index (χ3v) is 4.19. The van der Waals surface area contributed by atoms with Crippen molar-refractivity contribution in [1.82, 2.24) is 0 Å². The molecule has 1 aromatic carbocycles. The van der Waals surface area contributed by atoms with Gasteiger partial charge in [0.25, 0.3) is 0 Å². The minimum absolute atomic E-state index is 0.301. The summed E-state index contributed by atoms with van der Waals surface area (Å²) in [5.74, 6) is 2.05. The lowest BCUT2D eigenvalue weighted by Gasteiger charge is -2.24. The monoisotopic (exact) mass is 280 g/mol. The summed E-state index contributed by atoms with van der Waals surface area (Å²) in [4.78, 5) is 11.7. The van der Waals surface area contributed by atoms with E-state index in [2.05, 4.69) is 5.32 Å². The maximum atomic E-state index is 11.7. The third kappa shape index (κ3) is 3.80. The molecule has 1 aliphatic rings. The molecule has 0 radical (unpaired) electrons. The molecular formula is C14H20N2O2S. The number of nitrogens with one attached hydrogen (secondary N) is 1. The number of nitrogen functional groups attached to an aromatic ring is 1. The molecule has 0 aliphatic carbocycles. The highest BCUT2D eigenvalue weighted by Crippen LogP contribution is 2.25. The van der Waals surface area contributed by atoms with Gasteiger partial charge in [0, 0.05) is 6.04 Å². The van der Waals surface area contributed by atoms with E-state index in [0.717, 1.165) is 18.5 Å². The minimum atomic E-state index is -0.301. The van der Waals surface area contributed by atoms with E-state index >= 15 is 0 Å². The predicted molar refractivity (Wildman–Crippen MR) is 80.8 cm³/mol. The van der Waals surface area contributed by atoms with Gasteiger partial charge in [-0.2, -0.15) is 11.8 Å². The van der Waals surface area contributed by atoms with Crippen molar-refractivity contribution < 1.29 is 9.53 Å². The largest absolute Gasteiger partial charge is 0.462 e. The van der Waals surface area contributed by atoms with Crippen LogP contribution in [0.2, 0.25) is 0 Å². The van der Waals surface area contributed by atoms with Crippen LogP contribution in [0.1, 0.15) is 30.1 Å². The van der Waals surface area contributed by atoms with Crippen molar-refractivity contribution in [3.8, 4) is 0 Å². The van der Waals surface area contributed by atoms with Gasteiger partial charge in [-0.25, -0.2) is 4.79 Å². The molecule has 0 bridgehead atoms. The SMILES string of the molecule is CCOC(=O)c1ccc(N)c(NC2CCSCC2)c1. The fourth-order valence-corrected chi connectivity index (χ4v) is 3.19. The smallest absolute Gasteiger partial charge is 0.338 e. The second-order valence-electron chi connectivity index (χ2n) is 4.55. The Balaban J connectivity index is 2.10. The van der Waals surface area contributed by atoms with Crippen molar-refractivity contribution in [3.63, 3.8) is 0 Å². The maximum Gasteiger partial charge on any atom is 0.338 e. The molecule has 0 saturated carbocycles. The van der Waals surface area contributed by atoms with Crippen LogP contribution in [0, 0.1) is 0 Å². The summed E-state index contributed by atoms with van der Waals surface area (Å²) in [7, 11) is 0. The fourth-order valence-electron chi connectivity index (χ4n) is 2.08. The summed E-state index contributed by atoms with van der Waals surface area (Å²) < 4.78 is 5.00. The summed E-state index contributed by atoms with van der Waals surface area (Å²) in [6.45, 7) is 2.18. The first kappa shape index (κ1) is 14.1. The van der Waals surface area contributed by atoms with E-state index in [0.29, 0.717) is 23.9 Å². The highest BCUT2D eigenvalue weighted by atomic mass is 32.2. The van der Waals surface area contributed by atoms with E-state index in [1.165, 1.54) is 11.5 Å². The number of esters is 1. The zero-order valence-electron chi connectivity index (χ0n) is 11.1. The average molecular weight is 280 g/mol. The summed E-state index contributed by atoms with van der Waals surface area (Å²) >= 11 is 1.98. The van der Waals surface area contributed by atoms with Gasteiger partial charge < -0.3 is 15.8 Å². The Morgan fingerprint density at radius 2 is 2.21 bits per heavy atom. The second kappa shape index (κ2) is 6.70. The molecule has 1 heterocycles. The highest BCUT2D eigenvalue weighted by molar-refractivity contribution is 7.99. The molecule has 19 heavy (non-hydrogen) atoms. The third-order valence-electron chi connectivity index (χ3n) is 3.15. The molecule has 1 aliphatic heterocycles. The molecule has 1 saturated heterocycles. The Labute approximate surface area is 118 Å². The highest BCUT2D eigenvalue weighted by Gasteiger charge is 2.15. The summed E-state index contributed by atoms with van der Waals surface area (Å²) in [6, 6.07) is 5.69. The van der Waals surface area contributed by atoms with Gasteiger partial charge >= 0.3 is 5.97 Å². The molecule has 0 unspecified atom stereocenters. The Hall–Kier alpha value is -1.36. The Kier molecular flexibility index (Phi) is 4.96.